The Morgan fingerprint density at radius 2 is 1.83 bits per heavy atom. The Morgan fingerprint density at radius 3 is 2.44 bits per heavy atom. The van der Waals surface area contributed by atoms with Crippen LogP contribution >= 0.6 is 0 Å². The molecule has 0 heterocycles. The second kappa shape index (κ2) is 8.31. The molecule has 2 unspecified atom stereocenters. The van der Waals surface area contributed by atoms with Crippen molar-refractivity contribution in [2.24, 2.45) is 11.7 Å². The smallest absolute Gasteiger partial charge is 0.0300 e. The summed E-state index contributed by atoms with van der Waals surface area (Å²) in [6, 6.07) is 8.85. The number of rotatable bonds is 8. The van der Waals surface area contributed by atoms with Crippen LogP contribution in [0.4, 0.5) is 0 Å². The van der Waals surface area contributed by atoms with E-state index in [1.54, 1.807) is 0 Å². The molecule has 0 radical (unpaired) electrons. The summed E-state index contributed by atoms with van der Waals surface area (Å²) >= 11 is 0. The molecule has 0 spiro atoms. The molecule has 1 nitrogen and oxygen atoms in total. The van der Waals surface area contributed by atoms with E-state index < -0.39 is 0 Å². The average Bonchev–Trinajstić information content (AvgIpc) is 2.43. The van der Waals surface area contributed by atoms with E-state index in [0.29, 0.717) is 0 Å². The van der Waals surface area contributed by atoms with Gasteiger partial charge in [0.25, 0.3) is 0 Å². The fourth-order valence-electron chi connectivity index (χ4n) is 2.69. The van der Waals surface area contributed by atoms with Gasteiger partial charge in [-0.3, -0.25) is 0 Å². The van der Waals surface area contributed by atoms with Crippen LogP contribution in [0.2, 0.25) is 0 Å². The van der Waals surface area contributed by atoms with Gasteiger partial charge in [0.15, 0.2) is 0 Å². The molecule has 1 heteroatoms. The number of aryl methyl sites for hydroxylation is 1. The van der Waals surface area contributed by atoms with E-state index in [1.165, 1.54) is 36.8 Å². The molecule has 0 aliphatic rings. The zero-order valence-electron chi connectivity index (χ0n) is 12.3. The summed E-state index contributed by atoms with van der Waals surface area (Å²) in [6.07, 6.45) is 7.41. The molecule has 2 atom stereocenters. The third-order valence-corrected chi connectivity index (χ3v) is 3.97. The fourth-order valence-corrected chi connectivity index (χ4v) is 2.69. The van der Waals surface area contributed by atoms with Crippen molar-refractivity contribution in [1.29, 1.82) is 0 Å². The van der Waals surface area contributed by atoms with Gasteiger partial charge in [-0.2, -0.15) is 0 Å². The van der Waals surface area contributed by atoms with Crippen LogP contribution in [0.3, 0.4) is 0 Å². The van der Waals surface area contributed by atoms with E-state index in [-0.39, 0.29) is 6.04 Å². The van der Waals surface area contributed by atoms with E-state index in [2.05, 4.69) is 45.0 Å². The van der Waals surface area contributed by atoms with Crippen molar-refractivity contribution in [3.8, 4) is 0 Å². The number of hydrogen-bond acceptors (Lipinski definition) is 1. The summed E-state index contributed by atoms with van der Waals surface area (Å²) in [4.78, 5) is 0. The Hall–Kier alpha value is -0.820. The third-order valence-electron chi connectivity index (χ3n) is 3.97. The number of nitrogens with two attached hydrogens (primary N) is 1. The Kier molecular flexibility index (Phi) is 7.04. The van der Waals surface area contributed by atoms with Gasteiger partial charge in [-0.05, 0) is 29.9 Å². The molecule has 1 rings (SSSR count). The van der Waals surface area contributed by atoms with Gasteiger partial charge in [-0.15, -0.1) is 0 Å². The molecule has 0 bridgehead atoms. The molecule has 0 saturated heterocycles. The lowest BCUT2D eigenvalue weighted by atomic mass is 9.88. The first kappa shape index (κ1) is 15.2. The van der Waals surface area contributed by atoms with Crippen molar-refractivity contribution in [3.63, 3.8) is 0 Å². The van der Waals surface area contributed by atoms with Gasteiger partial charge >= 0.3 is 0 Å². The highest BCUT2D eigenvalue weighted by atomic mass is 14.6. The molecule has 0 amide bonds. The van der Waals surface area contributed by atoms with Gasteiger partial charge in [0.1, 0.15) is 0 Å². The Bertz CT molecular complexity index is 332. The normalized spacial score (nSPS) is 14.4. The molecular formula is C17H29N. The van der Waals surface area contributed by atoms with E-state index in [0.717, 1.165) is 18.8 Å². The molecule has 0 aliphatic carbocycles. The average molecular weight is 247 g/mol. The van der Waals surface area contributed by atoms with Gasteiger partial charge in [0.05, 0.1) is 0 Å². The Morgan fingerprint density at radius 1 is 1.11 bits per heavy atom. The molecule has 0 aromatic heterocycles. The highest BCUT2D eigenvalue weighted by Gasteiger charge is 2.15. The first-order chi connectivity index (χ1) is 8.72. The van der Waals surface area contributed by atoms with E-state index in [1.807, 2.05) is 0 Å². The predicted octanol–water partition coefficient (Wildman–Crippen LogP) is 4.86. The monoisotopic (exact) mass is 247 g/mol. The molecule has 1 aromatic rings. The first-order valence-corrected chi connectivity index (χ1v) is 7.56. The van der Waals surface area contributed by atoms with E-state index >= 15 is 0 Å². The summed E-state index contributed by atoms with van der Waals surface area (Å²) < 4.78 is 0. The maximum Gasteiger partial charge on any atom is 0.0300 e. The minimum atomic E-state index is 0.211. The molecule has 0 saturated carbocycles. The van der Waals surface area contributed by atoms with Crippen LogP contribution in [0.25, 0.3) is 0 Å². The van der Waals surface area contributed by atoms with Crippen LogP contribution in [0.15, 0.2) is 24.3 Å². The standard InChI is InChI=1S/C17H29N/c1-4-7-10-14(5-2)13-17(18)16-12-9-8-11-15(16)6-3/h8-9,11-12,14,17H,4-7,10,13,18H2,1-3H3. The Balaban J connectivity index is 2.65. The van der Waals surface area contributed by atoms with Crippen LogP contribution in [0.5, 0.6) is 0 Å². The first-order valence-electron chi connectivity index (χ1n) is 7.56. The topological polar surface area (TPSA) is 26.0 Å². The van der Waals surface area contributed by atoms with E-state index in [9.17, 15) is 0 Å². The van der Waals surface area contributed by atoms with E-state index in [4.69, 9.17) is 5.73 Å². The van der Waals surface area contributed by atoms with Crippen LogP contribution in [0, 0.1) is 5.92 Å². The SMILES string of the molecule is CCCCC(CC)CC(N)c1ccccc1CC. The lowest BCUT2D eigenvalue weighted by Gasteiger charge is -2.21. The maximum absolute atomic E-state index is 6.42. The van der Waals surface area contributed by atoms with Crippen LogP contribution in [0.1, 0.15) is 70.0 Å². The summed E-state index contributed by atoms with van der Waals surface area (Å²) in [5, 5.41) is 0. The van der Waals surface area contributed by atoms with Crippen molar-refractivity contribution in [1.82, 2.24) is 0 Å². The quantitative estimate of drug-likeness (QED) is 0.698. The van der Waals surface area contributed by atoms with Crippen molar-refractivity contribution in [2.45, 2.75) is 65.3 Å². The summed E-state index contributed by atoms with van der Waals surface area (Å²) in [6.45, 7) is 6.76. The van der Waals surface area contributed by atoms with Gasteiger partial charge in [0, 0.05) is 6.04 Å². The Labute approximate surface area is 113 Å². The van der Waals surface area contributed by atoms with Crippen molar-refractivity contribution in [2.75, 3.05) is 0 Å². The van der Waals surface area contributed by atoms with Crippen molar-refractivity contribution < 1.29 is 0 Å². The third kappa shape index (κ3) is 4.45. The number of benzene rings is 1. The van der Waals surface area contributed by atoms with Crippen molar-refractivity contribution in [3.05, 3.63) is 35.4 Å². The maximum atomic E-state index is 6.42. The summed E-state index contributed by atoms with van der Waals surface area (Å²) in [7, 11) is 0. The summed E-state index contributed by atoms with van der Waals surface area (Å²) in [5.41, 5.74) is 9.19. The van der Waals surface area contributed by atoms with Gasteiger partial charge in [-0.1, -0.05) is 70.7 Å². The highest BCUT2D eigenvalue weighted by molar-refractivity contribution is 5.29. The summed E-state index contributed by atoms with van der Waals surface area (Å²) in [5.74, 6) is 0.782. The largest absolute Gasteiger partial charge is 0.324 e. The molecule has 18 heavy (non-hydrogen) atoms. The molecule has 1 aromatic carbocycles. The molecular weight excluding hydrogens is 218 g/mol. The van der Waals surface area contributed by atoms with Crippen LogP contribution in [-0.4, -0.2) is 0 Å². The molecule has 2 N–H and O–H groups in total. The van der Waals surface area contributed by atoms with Gasteiger partial charge in [-0.25, -0.2) is 0 Å². The van der Waals surface area contributed by atoms with Gasteiger partial charge < -0.3 is 5.73 Å². The zero-order chi connectivity index (χ0) is 13.4. The van der Waals surface area contributed by atoms with Gasteiger partial charge in [0.2, 0.25) is 0 Å². The zero-order valence-corrected chi connectivity index (χ0v) is 12.3. The molecule has 102 valence electrons. The van der Waals surface area contributed by atoms with Crippen LogP contribution in [-0.2, 0) is 6.42 Å². The number of hydrogen-bond donors (Lipinski definition) is 1. The highest BCUT2D eigenvalue weighted by Crippen LogP contribution is 2.27. The predicted molar refractivity (Wildman–Crippen MR) is 80.7 cm³/mol. The van der Waals surface area contributed by atoms with Crippen LogP contribution < -0.4 is 5.73 Å². The second-order valence-corrected chi connectivity index (χ2v) is 5.31. The minimum Gasteiger partial charge on any atom is -0.324 e. The fraction of sp³-hybridized carbons (Fsp3) is 0.647. The minimum absolute atomic E-state index is 0.211. The molecule has 0 fully saturated rings. The van der Waals surface area contributed by atoms with Crippen molar-refractivity contribution >= 4 is 0 Å². The number of unbranched alkanes of at least 4 members (excludes halogenated alkanes) is 1. The second-order valence-electron chi connectivity index (χ2n) is 5.31. The molecule has 0 aliphatic heterocycles. The lowest BCUT2D eigenvalue weighted by Crippen LogP contribution is -2.17. The lowest BCUT2D eigenvalue weighted by molar-refractivity contribution is 0.387.